The van der Waals surface area contributed by atoms with Crippen molar-refractivity contribution in [3.05, 3.63) is 66.0 Å². The summed E-state index contributed by atoms with van der Waals surface area (Å²) in [4.78, 5) is 29.3. The fourth-order valence-corrected chi connectivity index (χ4v) is 4.42. The van der Waals surface area contributed by atoms with Gasteiger partial charge in [0.05, 0.1) is 19.0 Å². The number of hydrogen-bond donors (Lipinski definition) is 1. The number of morpholine rings is 1. The number of hydrogen-bond acceptors (Lipinski definition) is 7. The first kappa shape index (κ1) is 23.8. The number of anilines is 2. The molecule has 9 nitrogen and oxygen atoms in total. The largest absolute Gasteiger partial charge is 0.378 e. The van der Waals surface area contributed by atoms with Gasteiger partial charge >= 0.3 is 0 Å². The molecule has 0 aliphatic carbocycles. The molecule has 0 saturated carbocycles. The Balaban J connectivity index is 1.33. The van der Waals surface area contributed by atoms with E-state index in [1.165, 1.54) is 11.8 Å². The van der Waals surface area contributed by atoms with Crippen LogP contribution in [0.15, 0.2) is 60.0 Å². The van der Waals surface area contributed by atoms with Crippen LogP contribution in [-0.4, -0.2) is 70.6 Å². The number of amides is 2. The van der Waals surface area contributed by atoms with Crippen molar-refractivity contribution in [1.82, 2.24) is 19.7 Å². The average Bonchev–Trinajstić information content (AvgIpc) is 3.28. The quantitative estimate of drug-likeness (QED) is 0.496. The zero-order valence-electron chi connectivity index (χ0n) is 19.3. The third-order valence-electron chi connectivity index (χ3n) is 5.52. The van der Waals surface area contributed by atoms with Crippen LogP contribution < -0.4 is 10.2 Å². The lowest BCUT2D eigenvalue weighted by Gasteiger charge is -2.31. The standard InChI is InChI=1S/C24H28N6O3S/c1-28(15-19-5-3-4-6-21(19)30-11-13-33-14-12-30)23(32)18-7-9-20(10-8-18)26-22(31)16-34-24-27-25-17-29(24)2/h3-10,17H,11-16H2,1-2H3,(H,26,31). The Hall–Kier alpha value is -3.37. The van der Waals surface area contributed by atoms with Gasteiger partial charge in [0, 0.05) is 50.7 Å². The van der Waals surface area contributed by atoms with Crippen molar-refractivity contribution in [2.24, 2.45) is 7.05 Å². The van der Waals surface area contributed by atoms with Gasteiger partial charge in [-0.1, -0.05) is 30.0 Å². The maximum absolute atomic E-state index is 13.0. The molecule has 3 aromatic rings. The Morgan fingerprint density at radius 3 is 2.56 bits per heavy atom. The average molecular weight is 481 g/mol. The van der Waals surface area contributed by atoms with E-state index in [1.807, 2.05) is 19.2 Å². The number of aromatic nitrogens is 3. The van der Waals surface area contributed by atoms with Crippen LogP contribution in [0.1, 0.15) is 15.9 Å². The zero-order valence-corrected chi connectivity index (χ0v) is 20.1. The van der Waals surface area contributed by atoms with Gasteiger partial charge in [0.25, 0.3) is 5.91 Å². The van der Waals surface area contributed by atoms with Gasteiger partial charge in [-0.05, 0) is 35.9 Å². The van der Waals surface area contributed by atoms with Crippen molar-refractivity contribution >= 4 is 35.0 Å². The molecule has 2 heterocycles. The number of nitrogens with one attached hydrogen (secondary N) is 1. The molecule has 0 atom stereocenters. The second-order valence-electron chi connectivity index (χ2n) is 8.03. The molecule has 2 amide bonds. The van der Waals surface area contributed by atoms with Crippen LogP contribution in [0.5, 0.6) is 0 Å². The van der Waals surface area contributed by atoms with E-state index < -0.39 is 0 Å². The van der Waals surface area contributed by atoms with Crippen LogP contribution in [0, 0.1) is 0 Å². The molecule has 0 bridgehead atoms. The highest BCUT2D eigenvalue weighted by Crippen LogP contribution is 2.23. The molecule has 1 saturated heterocycles. The first-order valence-corrected chi connectivity index (χ1v) is 12.0. The highest BCUT2D eigenvalue weighted by molar-refractivity contribution is 7.99. The summed E-state index contributed by atoms with van der Waals surface area (Å²) < 4.78 is 7.23. The predicted octanol–water partition coefficient (Wildman–Crippen LogP) is 2.65. The van der Waals surface area contributed by atoms with Gasteiger partial charge in [0.2, 0.25) is 5.91 Å². The molecule has 1 aromatic heterocycles. The first-order chi connectivity index (χ1) is 16.5. The minimum atomic E-state index is -0.149. The van der Waals surface area contributed by atoms with Gasteiger partial charge in [0.1, 0.15) is 6.33 Å². The maximum Gasteiger partial charge on any atom is 0.253 e. The number of aryl methyl sites for hydroxylation is 1. The Morgan fingerprint density at radius 2 is 1.85 bits per heavy atom. The number of nitrogens with zero attached hydrogens (tertiary/aromatic N) is 5. The molecule has 0 radical (unpaired) electrons. The normalized spacial score (nSPS) is 13.5. The van der Waals surface area contributed by atoms with Gasteiger partial charge in [-0.2, -0.15) is 0 Å². The Kier molecular flexibility index (Phi) is 7.81. The summed E-state index contributed by atoms with van der Waals surface area (Å²) in [5, 5.41) is 11.3. The molecule has 0 spiro atoms. The van der Waals surface area contributed by atoms with Crippen molar-refractivity contribution in [2.45, 2.75) is 11.7 Å². The van der Waals surface area contributed by atoms with Crippen LogP contribution in [0.3, 0.4) is 0 Å². The third kappa shape index (κ3) is 5.95. The third-order valence-corrected chi connectivity index (χ3v) is 6.55. The van der Waals surface area contributed by atoms with Gasteiger partial charge in [-0.3, -0.25) is 9.59 Å². The molecule has 34 heavy (non-hydrogen) atoms. The lowest BCUT2D eigenvalue weighted by atomic mass is 10.1. The predicted molar refractivity (Wildman–Crippen MR) is 132 cm³/mol. The fraction of sp³-hybridized carbons (Fsp3) is 0.333. The number of rotatable bonds is 8. The van der Waals surface area contributed by atoms with Crippen molar-refractivity contribution < 1.29 is 14.3 Å². The highest BCUT2D eigenvalue weighted by Gasteiger charge is 2.18. The van der Waals surface area contributed by atoms with E-state index >= 15 is 0 Å². The highest BCUT2D eigenvalue weighted by atomic mass is 32.2. The molecule has 178 valence electrons. The topological polar surface area (TPSA) is 92.6 Å². The molecule has 1 N–H and O–H groups in total. The van der Waals surface area contributed by atoms with Gasteiger partial charge < -0.3 is 24.4 Å². The minimum absolute atomic E-state index is 0.0764. The summed E-state index contributed by atoms with van der Waals surface area (Å²) in [5.74, 6) is -0.00481. The Morgan fingerprint density at radius 1 is 1.12 bits per heavy atom. The molecule has 1 aliphatic rings. The summed E-state index contributed by atoms with van der Waals surface area (Å²) in [6, 6.07) is 15.1. The van der Waals surface area contributed by atoms with Crippen molar-refractivity contribution in [3.8, 4) is 0 Å². The van der Waals surface area contributed by atoms with E-state index in [0.29, 0.717) is 36.2 Å². The van der Waals surface area contributed by atoms with E-state index in [1.54, 1.807) is 47.1 Å². The first-order valence-electron chi connectivity index (χ1n) is 11.0. The van der Waals surface area contributed by atoms with E-state index in [9.17, 15) is 9.59 Å². The second kappa shape index (κ2) is 11.2. The van der Waals surface area contributed by atoms with Crippen molar-refractivity contribution in [2.75, 3.05) is 49.3 Å². The maximum atomic E-state index is 13.0. The van der Waals surface area contributed by atoms with Crippen molar-refractivity contribution in [3.63, 3.8) is 0 Å². The van der Waals surface area contributed by atoms with Crippen LogP contribution >= 0.6 is 11.8 Å². The Labute approximate surface area is 203 Å². The van der Waals surface area contributed by atoms with Crippen LogP contribution in [0.25, 0.3) is 0 Å². The van der Waals surface area contributed by atoms with Gasteiger partial charge in [0.15, 0.2) is 5.16 Å². The number of carbonyl (C=O) groups excluding carboxylic acids is 2. The van der Waals surface area contributed by atoms with E-state index in [0.717, 1.165) is 24.3 Å². The monoisotopic (exact) mass is 480 g/mol. The summed E-state index contributed by atoms with van der Waals surface area (Å²) in [6.45, 7) is 3.62. The molecule has 4 rings (SSSR count). The van der Waals surface area contributed by atoms with E-state index in [-0.39, 0.29) is 17.6 Å². The lowest BCUT2D eigenvalue weighted by Crippen LogP contribution is -2.37. The van der Waals surface area contributed by atoms with E-state index in [4.69, 9.17) is 4.74 Å². The van der Waals surface area contributed by atoms with Gasteiger partial charge in [-0.15, -0.1) is 10.2 Å². The molecule has 10 heteroatoms. The number of benzene rings is 2. The van der Waals surface area contributed by atoms with Gasteiger partial charge in [-0.25, -0.2) is 0 Å². The molecule has 0 unspecified atom stereocenters. The molecule has 1 fully saturated rings. The summed E-state index contributed by atoms with van der Waals surface area (Å²) in [5.41, 5.74) is 3.45. The lowest BCUT2D eigenvalue weighted by molar-refractivity contribution is -0.113. The molecule has 2 aromatic carbocycles. The van der Waals surface area contributed by atoms with E-state index in [2.05, 4.69) is 32.5 Å². The fourth-order valence-electron chi connectivity index (χ4n) is 3.73. The van der Waals surface area contributed by atoms with Crippen molar-refractivity contribution in [1.29, 1.82) is 0 Å². The zero-order chi connectivity index (χ0) is 23.9. The second-order valence-corrected chi connectivity index (χ2v) is 8.97. The smallest absolute Gasteiger partial charge is 0.253 e. The number of carbonyl (C=O) groups is 2. The summed E-state index contributed by atoms with van der Waals surface area (Å²) >= 11 is 1.31. The van der Waals surface area contributed by atoms with Crippen LogP contribution in [-0.2, 0) is 23.1 Å². The molecular weight excluding hydrogens is 452 g/mol. The molecular formula is C24H28N6O3S. The number of thioether (sulfide) groups is 1. The minimum Gasteiger partial charge on any atom is -0.378 e. The molecule has 1 aliphatic heterocycles. The SMILES string of the molecule is CN(Cc1ccccc1N1CCOCC1)C(=O)c1ccc(NC(=O)CSc2nncn2C)cc1. The number of ether oxygens (including phenoxy) is 1. The Bertz CT molecular complexity index is 1130. The number of para-hydroxylation sites is 1. The van der Waals surface area contributed by atoms with Crippen LogP contribution in [0.2, 0.25) is 0 Å². The van der Waals surface area contributed by atoms with Crippen LogP contribution in [0.4, 0.5) is 11.4 Å². The summed E-state index contributed by atoms with van der Waals surface area (Å²) in [6.07, 6.45) is 1.59. The summed E-state index contributed by atoms with van der Waals surface area (Å²) in [7, 11) is 3.63.